The van der Waals surface area contributed by atoms with Gasteiger partial charge in [0.25, 0.3) is 0 Å². The van der Waals surface area contributed by atoms with Gasteiger partial charge in [-0.25, -0.2) is 4.39 Å². The summed E-state index contributed by atoms with van der Waals surface area (Å²) in [5.41, 5.74) is 5.11. The number of ether oxygens (including phenoxy) is 1. The van der Waals surface area contributed by atoms with E-state index in [0.29, 0.717) is 12.0 Å². The fourth-order valence-electron chi connectivity index (χ4n) is 2.26. The normalized spacial score (nSPS) is 12.2. The van der Waals surface area contributed by atoms with E-state index in [1.165, 1.54) is 6.07 Å². The standard InChI is InChI=1S/C16H19FN2O/c1-11-7-8-13(14(17)9-11)15(19-18)10-12-5-3-4-6-16(12)20-2/h3-9,15,19H,10,18H2,1-2H3. The van der Waals surface area contributed by atoms with Crippen LogP contribution in [0.3, 0.4) is 0 Å². The monoisotopic (exact) mass is 274 g/mol. The van der Waals surface area contributed by atoms with Gasteiger partial charge in [0.05, 0.1) is 13.2 Å². The first-order valence-electron chi connectivity index (χ1n) is 6.49. The minimum absolute atomic E-state index is 0.247. The SMILES string of the molecule is COc1ccccc1CC(NN)c1ccc(C)cc1F. The lowest BCUT2D eigenvalue weighted by atomic mass is 9.97. The summed E-state index contributed by atoms with van der Waals surface area (Å²) >= 11 is 0. The van der Waals surface area contributed by atoms with Gasteiger partial charge in [-0.15, -0.1) is 0 Å². The molecule has 0 spiro atoms. The van der Waals surface area contributed by atoms with Crippen LogP contribution >= 0.6 is 0 Å². The summed E-state index contributed by atoms with van der Waals surface area (Å²) in [6.07, 6.45) is 0.556. The van der Waals surface area contributed by atoms with Crippen LogP contribution in [0.15, 0.2) is 42.5 Å². The highest BCUT2D eigenvalue weighted by Crippen LogP contribution is 2.26. The maximum absolute atomic E-state index is 14.0. The number of aryl methyl sites for hydroxylation is 1. The van der Waals surface area contributed by atoms with Crippen molar-refractivity contribution >= 4 is 0 Å². The molecule has 4 heteroatoms. The molecular formula is C16H19FN2O. The molecule has 3 nitrogen and oxygen atoms in total. The van der Waals surface area contributed by atoms with Crippen LogP contribution in [-0.4, -0.2) is 7.11 Å². The summed E-state index contributed by atoms with van der Waals surface area (Å²) < 4.78 is 19.4. The predicted octanol–water partition coefficient (Wildman–Crippen LogP) is 2.89. The van der Waals surface area contributed by atoms with Crippen molar-refractivity contribution < 1.29 is 9.13 Å². The highest BCUT2D eigenvalue weighted by atomic mass is 19.1. The molecule has 0 amide bonds. The zero-order valence-corrected chi connectivity index (χ0v) is 11.7. The number of hydrazine groups is 1. The molecule has 20 heavy (non-hydrogen) atoms. The van der Waals surface area contributed by atoms with Crippen LogP contribution in [0.5, 0.6) is 5.75 Å². The molecule has 0 aliphatic carbocycles. The Morgan fingerprint density at radius 2 is 2.00 bits per heavy atom. The first-order valence-corrected chi connectivity index (χ1v) is 6.49. The van der Waals surface area contributed by atoms with E-state index in [-0.39, 0.29) is 11.9 Å². The van der Waals surface area contributed by atoms with Crippen LogP contribution in [0.2, 0.25) is 0 Å². The number of nitrogens with two attached hydrogens (primary N) is 1. The van der Waals surface area contributed by atoms with Crippen molar-refractivity contribution in [1.82, 2.24) is 5.43 Å². The predicted molar refractivity (Wildman–Crippen MR) is 77.9 cm³/mol. The van der Waals surface area contributed by atoms with Crippen LogP contribution in [0, 0.1) is 12.7 Å². The minimum atomic E-state index is -0.299. The summed E-state index contributed by atoms with van der Waals surface area (Å²) in [5, 5.41) is 0. The second-order valence-corrected chi connectivity index (χ2v) is 4.76. The second-order valence-electron chi connectivity index (χ2n) is 4.76. The van der Waals surface area contributed by atoms with Gasteiger partial charge in [0.2, 0.25) is 0 Å². The molecule has 2 rings (SSSR count). The maximum atomic E-state index is 14.0. The number of hydrogen-bond acceptors (Lipinski definition) is 3. The largest absolute Gasteiger partial charge is 0.496 e. The van der Waals surface area contributed by atoms with Crippen LogP contribution in [0.1, 0.15) is 22.7 Å². The maximum Gasteiger partial charge on any atom is 0.128 e. The van der Waals surface area contributed by atoms with Gasteiger partial charge in [-0.3, -0.25) is 11.3 Å². The van der Waals surface area contributed by atoms with Crippen molar-refractivity contribution in [2.75, 3.05) is 7.11 Å². The van der Waals surface area contributed by atoms with Crippen molar-refractivity contribution in [2.24, 2.45) is 5.84 Å². The average Bonchev–Trinajstić information content (AvgIpc) is 2.46. The van der Waals surface area contributed by atoms with Gasteiger partial charge in [0, 0.05) is 5.56 Å². The lowest BCUT2D eigenvalue weighted by Gasteiger charge is -2.19. The molecule has 0 bridgehead atoms. The van der Waals surface area contributed by atoms with Gasteiger partial charge >= 0.3 is 0 Å². The van der Waals surface area contributed by atoms with E-state index in [1.54, 1.807) is 13.2 Å². The molecule has 0 radical (unpaired) electrons. The molecule has 0 saturated carbocycles. The molecule has 2 aromatic rings. The highest BCUT2D eigenvalue weighted by Gasteiger charge is 2.16. The van der Waals surface area contributed by atoms with Gasteiger partial charge in [0.15, 0.2) is 0 Å². The van der Waals surface area contributed by atoms with E-state index in [2.05, 4.69) is 5.43 Å². The summed E-state index contributed by atoms with van der Waals surface area (Å²) in [7, 11) is 1.62. The van der Waals surface area contributed by atoms with E-state index in [1.807, 2.05) is 37.3 Å². The quantitative estimate of drug-likeness (QED) is 0.651. The van der Waals surface area contributed by atoms with Crippen molar-refractivity contribution in [2.45, 2.75) is 19.4 Å². The van der Waals surface area contributed by atoms with Gasteiger partial charge in [-0.05, 0) is 36.6 Å². The third-order valence-electron chi connectivity index (χ3n) is 3.35. The number of para-hydroxylation sites is 1. The molecular weight excluding hydrogens is 255 g/mol. The van der Waals surface area contributed by atoms with Crippen molar-refractivity contribution in [3.05, 3.63) is 65.0 Å². The molecule has 3 N–H and O–H groups in total. The van der Waals surface area contributed by atoms with Crippen LogP contribution < -0.4 is 16.0 Å². The number of hydrogen-bond donors (Lipinski definition) is 2. The lowest BCUT2D eigenvalue weighted by molar-refractivity contribution is 0.404. The number of methoxy groups -OCH3 is 1. The van der Waals surface area contributed by atoms with Crippen LogP contribution in [0.25, 0.3) is 0 Å². The van der Waals surface area contributed by atoms with Crippen molar-refractivity contribution in [3.8, 4) is 5.75 Å². The number of halogens is 1. The number of rotatable bonds is 5. The molecule has 106 valence electrons. The Morgan fingerprint density at radius 1 is 1.25 bits per heavy atom. The van der Waals surface area contributed by atoms with Crippen LogP contribution in [0.4, 0.5) is 4.39 Å². The topological polar surface area (TPSA) is 47.3 Å². The zero-order valence-electron chi connectivity index (χ0n) is 11.7. The fourth-order valence-corrected chi connectivity index (χ4v) is 2.26. The number of nitrogens with one attached hydrogen (secondary N) is 1. The third kappa shape index (κ3) is 3.15. The van der Waals surface area contributed by atoms with E-state index in [9.17, 15) is 4.39 Å². The Labute approximate surface area is 118 Å². The molecule has 1 unspecified atom stereocenters. The zero-order chi connectivity index (χ0) is 14.5. The smallest absolute Gasteiger partial charge is 0.128 e. The summed E-state index contributed by atoms with van der Waals surface area (Å²) in [4.78, 5) is 0. The Hall–Kier alpha value is -1.91. The molecule has 0 aliphatic rings. The van der Waals surface area contributed by atoms with E-state index >= 15 is 0 Å². The molecule has 0 aromatic heterocycles. The average molecular weight is 274 g/mol. The summed E-state index contributed by atoms with van der Waals surface area (Å²) in [6.45, 7) is 1.86. The van der Waals surface area contributed by atoms with Crippen molar-refractivity contribution in [3.63, 3.8) is 0 Å². The van der Waals surface area contributed by atoms with Gasteiger partial charge < -0.3 is 4.74 Å². The first kappa shape index (κ1) is 14.5. The first-order chi connectivity index (χ1) is 9.65. The third-order valence-corrected chi connectivity index (χ3v) is 3.35. The van der Waals surface area contributed by atoms with Gasteiger partial charge in [0.1, 0.15) is 11.6 Å². The molecule has 1 atom stereocenters. The van der Waals surface area contributed by atoms with E-state index in [0.717, 1.165) is 16.9 Å². The Kier molecular flexibility index (Phi) is 4.71. The van der Waals surface area contributed by atoms with E-state index < -0.39 is 0 Å². The lowest BCUT2D eigenvalue weighted by Crippen LogP contribution is -2.30. The van der Waals surface area contributed by atoms with Crippen LogP contribution in [-0.2, 0) is 6.42 Å². The van der Waals surface area contributed by atoms with Crippen molar-refractivity contribution in [1.29, 1.82) is 0 Å². The Morgan fingerprint density at radius 3 is 2.65 bits per heavy atom. The molecule has 0 fully saturated rings. The summed E-state index contributed by atoms with van der Waals surface area (Å²) in [5.74, 6) is 6.12. The fraction of sp³-hybridized carbons (Fsp3) is 0.250. The minimum Gasteiger partial charge on any atom is -0.496 e. The van der Waals surface area contributed by atoms with Gasteiger partial charge in [-0.1, -0.05) is 30.3 Å². The molecule has 2 aromatic carbocycles. The molecule has 0 saturated heterocycles. The number of benzene rings is 2. The Bertz CT molecular complexity index is 586. The second kappa shape index (κ2) is 6.50. The van der Waals surface area contributed by atoms with Gasteiger partial charge in [-0.2, -0.15) is 0 Å². The Balaban J connectivity index is 2.29. The van der Waals surface area contributed by atoms with E-state index in [4.69, 9.17) is 10.6 Å². The molecule has 0 aliphatic heterocycles. The molecule has 0 heterocycles. The highest BCUT2D eigenvalue weighted by molar-refractivity contribution is 5.36. The summed E-state index contributed by atoms with van der Waals surface area (Å²) in [6, 6.07) is 12.5.